The van der Waals surface area contributed by atoms with Crippen LogP contribution < -0.4 is 5.32 Å². The predicted octanol–water partition coefficient (Wildman–Crippen LogP) is 2.89. The Kier molecular flexibility index (Phi) is 4.57. The third-order valence-electron chi connectivity index (χ3n) is 3.96. The number of nitrogens with one attached hydrogen (secondary N) is 1. The second kappa shape index (κ2) is 6.18. The van der Waals surface area contributed by atoms with Crippen LogP contribution in [0, 0.1) is 5.92 Å². The van der Waals surface area contributed by atoms with Crippen LogP contribution in [0.3, 0.4) is 0 Å². The minimum atomic E-state index is 0.0757. The van der Waals surface area contributed by atoms with Crippen LogP contribution in [0.2, 0.25) is 0 Å². The van der Waals surface area contributed by atoms with E-state index in [1.807, 2.05) is 18.2 Å². The normalized spacial score (nSPS) is 20.4. The van der Waals surface area contributed by atoms with Gasteiger partial charge in [-0.05, 0) is 31.2 Å². The van der Waals surface area contributed by atoms with E-state index >= 15 is 0 Å². The maximum atomic E-state index is 9.51. The number of rotatable bonds is 5. The maximum absolute atomic E-state index is 9.51. The largest absolute Gasteiger partial charge is 0.394 e. The number of benzene rings is 1. The fourth-order valence-corrected chi connectivity index (χ4v) is 2.85. The van der Waals surface area contributed by atoms with E-state index in [2.05, 4.69) is 24.4 Å². The second-order valence-corrected chi connectivity index (χ2v) is 5.15. The van der Waals surface area contributed by atoms with Gasteiger partial charge in [-0.25, -0.2) is 0 Å². The summed E-state index contributed by atoms with van der Waals surface area (Å²) in [6.45, 7) is 2.42. The van der Waals surface area contributed by atoms with Crippen molar-refractivity contribution in [3.05, 3.63) is 35.9 Å². The molecule has 1 aliphatic carbocycles. The summed E-state index contributed by atoms with van der Waals surface area (Å²) >= 11 is 0. The molecule has 0 heterocycles. The van der Waals surface area contributed by atoms with Gasteiger partial charge in [-0.15, -0.1) is 0 Å². The average Bonchev–Trinajstić information content (AvgIpc) is 2.90. The van der Waals surface area contributed by atoms with Crippen molar-refractivity contribution in [1.29, 1.82) is 0 Å². The van der Waals surface area contributed by atoms with Crippen molar-refractivity contribution in [2.24, 2.45) is 5.92 Å². The molecule has 17 heavy (non-hydrogen) atoms. The highest BCUT2D eigenvalue weighted by atomic mass is 16.3. The Labute approximate surface area is 104 Å². The van der Waals surface area contributed by atoms with E-state index in [4.69, 9.17) is 0 Å². The molecule has 1 fully saturated rings. The van der Waals surface area contributed by atoms with Gasteiger partial charge in [-0.1, -0.05) is 43.2 Å². The lowest BCUT2D eigenvalue weighted by molar-refractivity contribution is 0.220. The van der Waals surface area contributed by atoms with E-state index in [0.717, 1.165) is 5.92 Å². The highest BCUT2D eigenvalue weighted by molar-refractivity contribution is 5.19. The molecular weight excluding hydrogens is 210 g/mol. The summed E-state index contributed by atoms with van der Waals surface area (Å²) in [6.07, 6.45) is 5.40. The molecule has 0 aliphatic heterocycles. The van der Waals surface area contributed by atoms with Crippen LogP contribution >= 0.6 is 0 Å². The molecule has 0 amide bonds. The van der Waals surface area contributed by atoms with Crippen LogP contribution in [0.15, 0.2) is 30.3 Å². The van der Waals surface area contributed by atoms with Gasteiger partial charge in [-0.2, -0.15) is 0 Å². The molecule has 1 unspecified atom stereocenters. The first kappa shape index (κ1) is 12.6. The first-order chi connectivity index (χ1) is 8.31. The summed E-state index contributed by atoms with van der Waals surface area (Å²) < 4.78 is 0. The number of hydrogen-bond donors (Lipinski definition) is 2. The Bertz CT molecular complexity index is 319. The molecule has 0 saturated heterocycles. The molecule has 2 nitrogen and oxygen atoms in total. The minimum Gasteiger partial charge on any atom is -0.394 e. The molecule has 2 rings (SSSR count). The molecule has 0 spiro atoms. The Hall–Kier alpha value is -0.860. The molecule has 94 valence electrons. The van der Waals surface area contributed by atoms with Gasteiger partial charge >= 0.3 is 0 Å². The fraction of sp³-hybridized carbons (Fsp3) is 0.600. The molecule has 1 aromatic rings. The van der Waals surface area contributed by atoms with Gasteiger partial charge < -0.3 is 10.4 Å². The fourth-order valence-electron chi connectivity index (χ4n) is 2.85. The molecule has 2 heteroatoms. The third kappa shape index (κ3) is 3.30. The van der Waals surface area contributed by atoms with Crippen molar-refractivity contribution < 1.29 is 5.11 Å². The predicted molar refractivity (Wildman–Crippen MR) is 70.8 cm³/mol. The van der Waals surface area contributed by atoms with Crippen LogP contribution in [0.25, 0.3) is 0 Å². The summed E-state index contributed by atoms with van der Waals surface area (Å²) in [5.41, 5.74) is 1.18. The van der Waals surface area contributed by atoms with Crippen LogP contribution in [0.5, 0.6) is 0 Å². The van der Waals surface area contributed by atoms with Crippen LogP contribution in [0.4, 0.5) is 0 Å². The zero-order chi connectivity index (χ0) is 12.1. The lowest BCUT2D eigenvalue weighted by Crippen LogP contribution is -2.37. The summed E-state index contributed by atoms with van der Waals surface area (Å²) in [5, 5.41) is 13.1. The van der Waals surface area contributed by atoms with Gasteiger partial charge in [-0.3, -0.25) is 0 Å². The molecule has 1 aromatic carbocycles. The van der Waals surface area contributed by atoms with E-state index in [1.165, 1.54) is 31.2 Å². The highest BCUT2D eigenvalue weighted by Crippen LogP contribution is 2.28. The van der Waals surface area contributed by atoms with Gasteiger partial charge in [0.05, 0.1) is 12.6 Å². The Balaban J connectivity index is 1.95. The van der Waals surface area contributed by atoms with Crippen molar-refractivity contribution in [2.75, 3.05) is 6.61 Å². The van der Waals surface area contributed by atoms with Crippen molar-refractivity contribution in [2.45, 2.75) is 44.7 Å². The van der Waals surface area contributed by atoms with Crippen LogP contribution in [0.1, 0.15) is 44.2 Å². The Morgan fingerprint density at radius 1 is 1.24 bits per heavy atom. The average molecular weight is 233 g/mol. The number of aliphatic hydroxyl groups is 1. The Morgan fingerprint density at radius 2 is 1.88 bits per heavy atom. The first-order valence-corrected chi connectivity index (χ1v) is 6.73. The molecule has 1 saturated carbocycles. The zero-order valence-electron chi connectivity index (χ0n) is 10.6. The third-order valence-corrected chi connectivity index (χ3v) is 3.96. The minimum absolute atomic E-state index is 0.0757. The Morgan fingerprint density at radius 3 is 2.47 bits per heavy atom. The van der Waals surface area contributed by atoms with E-state index in [-0.39, 0.29) is 12.6 Å². The van der Waals surface area contributed by atoms with Gasteiger partial charge in [0.25, 0.3) is 0 Å². The SMILES string of the molecule is CC(N[C@@H](CO)c1ccccc1)C1CCCC1. The smallest absolute Gasteiger partial charge is 0.0626 e. The van der Waals surface area contributed by atoms with Gasteiger partial charge in [0.2, 0.25) is 0 Å². The molecule has 1 aliphatic rings. The zero-order valence-corrected chi connectivity index (χ0v) is 10.6. The van der Waals surface area contributed by atoms with Crippen molar-refractivity contribution in [1.82, 2.24) is 5.32 Å². The highest BCUT2D eigenvalue weighted by Gasteiger charge is 2.23. The van der Waals surface area contributed by atoms with E-state index < -0.39 is 0 Å². The topological polar surface area (TPSA) is 32.3 Å². The quantitative estimate of drug-likeness (QED) is 0.819. The van der Waals surface area contributed by atoms with Crippen LogP contribution in [-0.4, -0.2) is 17.8 Å². The van der Waals surface area contributed by atoms with E-state index in [0.29, 0.717) is 6.04 Å². The van der Waals surface area contributed by atoms with Crippen molar-refractivity contribution in [3.63, 3.8) is 0 Å². The standard InChI is InChI=1S/C15H23NO/c1-12(13-7-5-6-8-13)16-15(11-17)14-9-3-2-4-10-14/h2-4,9-10,12-13,15-17H,5-8,11H2,1H3/t12?,15-/m0/s1. The molecule has 0 bridgehead atoms. The van der Waals surface area contributed by atoms with Crippen LogP contribution in [-0.2, 0) is 0 Å². The summed E-state index contributed by atoms with van der Waals surface area (Å²) in [5.74, 6) is 0.785. The molecule has 2 N–H and O–H groups in total. The van der Waals surface area contributed by atoms with Gasteiger partial charge in [0, 0.05) is 6.04 Å². The van der Waals surface area contributed by atoms with Crippen molar-refractivity contribution >= 4 is 0 Å². The number of aliphatic hydroxyl groups excluding tert-OH is 1. The number of hydrogen-bond acceptors (Lipinski definition) is 2. The van der Waals surface area contributed by atoms with E-state index in [9.17, 15) is 5.11 Å². The summed E-state index contributed by atoms with van der Waals surface area (Å²) in [4.78, 5) is 0. The maximum Gasteiger partial charge on any atom is 0.0626 e. The molecule has 0 radical (unpaired) electrons. The monoisotopic (exact) mass is 233 g/mol. The molecule has 0 aromatic heterocycles. The lowest BCUT2D eigenvalue weighted by atomic mass is 9.97. The lowest BCUT2D eigenvalue weighted by Gasteiger charge is -2.26. The van der Waals surface area contributed by atoms with Gasteiger partial charge in [0.15, 0.2) is 0 Å². The van der Waals surface area contributed by atoms with Crippen molar-refractivity contribution in [3.8, 4) is 0 Å². The second-order valence-electron chi connectivity index (χ2n) is 5.15. The van der Waals surface area contributed by atoms with Gasteiger partial charge in [0.1, 0.15) is 0 Å². The summed E-state index contributed by atoms with van der Waals surface area (Å²) in [7, 11) is 0. The summed E-state index contributed by atoms with van der Waals surface area (Å²) in [6, 6.07) is 10.8. The van der Waals surface area contributed by atoms with E-state index in [1.54, 1.807) is 0 Å². The molecule has 2 atom stereocenters. The first-order valence-electron chi connectivity index (χ1n) is 6.73. The molecular formula is C15H23NO.